The summed E-state index contributed by atoms with van der Waals surface area (Å²) in [5, 5.41) is 14.7. The summed E-state index contributed by atoms with van der Waals surface area (Å²) in [6.45, 7) is 7.19. The van der Waals surface area contributed by atoms with E-state index in [1.54, 1.807) is 31.2 Å². The lowest BCUT2D eigenvalue weighted by Crippen LogP contribution is -2.47. The van der Waals surface area contributed by atoms with Gasteiger partial charge in [-0.1, -0.05) is 38.1 Å². The molecule has 2 aromatic rings. The minimum atomic E-state index is -1.06. The molecule has 0 bridgehead atoms. The van der Waals surface area contributed by atoms with Gasteiger partial charge in [-0.2, -0.15) is 0 Å². The Morgan fingerprint density at radius 3 is 2.15 bits per heavy atom. The zero-order valence-corrected chi connectivity index (χ0v) is 15.9. The van der Waals surface area contributed by atoms with Crippen molar-refractivity contribution in [2.24, 2.45) is 5.92 Å². The highest BCUT2D eigenvalue weighted by Gasteiger charge is 2.25. The van der Waals surface area contributed by atoms with Crippen molar-refractivity contribution >= 4 is 23.5 Å². The third-order valence-corrected chi connectivity index (χ3v) is 4.36. The van der Waals surface area contributed by atoms with E-state index in [1.165, 1.54) is 6.07 Å². The van der Waals surface area contributed by atoms with Crippen LogP contribution in [-0.2, 0) is 4.79 Å². The zero-order chi connectivity index (χ0) is 20.1. The summed E-state index contributed by atoms with van der Waals surface area (Å²) in [6.07, 6.45) is 0. The van der Waals surface area contributed by atoms with Crippen LogP contribution in [0.3, 0.4) is 0 Å². The fourth-order valence-electron chi connectivity index (χ4n) is 2.73. The van der Waals surface area contributed by atoms with Crippen LogP contribution in [0.4, 0.5) is 5.69 Å². The number of hydrogen-bond donors (Lipinski definition) is 3. The number of carbonyl (C=O) groups is 3. The van der Waals surface area contributed by atoms with E-state index < -0.39 is 17.9 Å². The number of amides is 2. The van der Waals surface area contributed by atoms with Crippen LogP contribution in [-0.4, -0.2) is 28.9 Å². The van der Waals surface area contributed by atoms with Gasteiger partial charge in [0.2, 0.25) is 5.91 Å². The van der Waals surface area contributed by atoms with E-state index in [1.807, 2.05) is 32.9 Å². The molecular weight excluding hydrogens is 344 g/mol. The van der Waals surface area contributed by atoms with Crippen molar-refractivity contribution in [3.63, 3.8) is 0 Å². The highest BCUT2D eigenvalue weighted by atomic mass is 16.4. The molecule has 0 aromatic heterocycles. The number of aryl methyl sites for hydroxylation is 2. The van der Waals surface area contributed by atoms with Gasteiger partial charge in [0.25, 0.3) is 5.91 Å². The van der Waals surface area contributed by atoms with Crippen LogP contribution in [0.25, 0.3) is 0 Å². The fourth-order valence-corrected chi connectivity index (χ4v) is 2.73. The van der Waals surface area contributed by atoms with Gasteiger partial charge >= 0.3 is 5.97 Å². The number of hydrogen-bond acceptors (Lipinski definition) is 3. The van der Waals surface area contributed by atoms with Crippen LogP contribution < -0.4 is 10.6 Å². The van der Waals surface area contributed by atoms with Crippen LogP contribution in [0.2, 0.25) is 0 Å². The monoisotopic (exact) mass is 368 g/mol. The molecule has 0 radical (unpaired) electrons. The largest absolute Gasteiger partial charge is 0.478 e. The van der Waals surface area contributed by atoms with E-state index in [0.717, 1.165) is 5.56 Å². The molecule has 0 spiro atoms. The van der Waals surface area contributed by atoms with Gasteiger partial charge in [-0.25, -0.2) is 4.79 Å². The number of benzene rings is 2. The average Bonchev–Trinajstić information content (AvgIpc) is 2.60. The molecule has 3 N–H and O–H groups in total. The normalized spacial score (nSPS) is 11.7. The van der Waals surface area contributed by atoms with E-state index >= 15 is 0 Å². The number of nitrogens with one attached hydrogen (secondary N) is 2. The van der Waals surface area contributed by atoms with E-state index in [-0.39, 0.29) is 17.4 Å². The van der Waals surface area contributed by atoms with Gasteiger partial charge in [0, 0.05) is 11.3 Å². The van der Waals surface area contributed by atoms with Crippen molar-refractivity contribution in [1.29, 1.82) is 0 Å². The Bertz CT molecular complexity index is 874. The van der Waals surface area contributed by atoms with Gasteiger partial charge in [0.15, 0.2) is 0 Å². The number of carbonyl (C=O) groups excluding carboxylic acids is 2. The Morgan fingerprint density at radius 2 is 1.56 bits per heavy atom. The molecule has 0 saturated heterocycles. The first-order chi connectivity index (χ1) is 12.7. The quantitative estimate of drug-likeness (QED) is 0.728. The van der Waals surface area contributed by atoms with E-state index in [0.29, 0.717) is 16.8 Å². The lowest BCUT2D eigenvalue weighted by Gasteiger charge is -2.22. The second kappa shape index (κ2) is 8.49. The Balaban J connectivity index is 2.18. The van der Waals surface area contributed by atoms with Crippen molar-refractivity contribution in [2.45, 2.75) is 33.7 Å². The minimum absolute atomic E-state index is 0.123. The summed E-state index contributed by atoms with van der Waals surface area (Å²) in [5.74, 6) is -1.93. The molecule has 0 heterocycles. The topological polar surface area (TPSA) is 95.5 Å². The third-order valence-electron chi connectivity index (χ3n) is 4.36. The maximum atomic E-state index is 12.7. The van der Waals surface area contributed by atoms with Crippen molar-refractivity contribution in [1.82, 2.24) is 5.32 Å². The van der Waals surface area contributed by atoms with Gasteiger partial charge in [0.05, 0.1) is 5.56 Å². The molecule has 0 aliphatic carbocycles. The first kappa shape index (κ1) is 20.2. The lowest BCUT2D eigenvalue weighted by atomic mass is 10.0. The summed E-state index contributed by atoms with van der Waals surface area (Å²) in [6, 6.07) is 11.1. The molecule has 142 valence electrons. The molecule has 0 fully saturated rings. The Kier molecular flexibility index (Phi) is 6.34. The molecule has 2 amide bonds. The Hall–Kier alpha value is -3.15. The molecule has 2 aromatic carbocycles. The Labute approximate surface area is 158 Å². The number of aromatic carboxylic acids is 1. The first-order valence-electron chi connectivity index (χ1n) is 8.72. The highest BCUT2D eigenvalue weighted by Crippen LogP contribution is 2.17. The molecule has 0 aliphatic heterocycles. The van der Waals surface area contributed by atoms with Crippen LogP contribution in [0.15, 0.2) is 42.5 Å². The third kappa shape index (κ3) is 4.94. The van der Waals surface area contributed by atoms with Gasteiger partial charge in [-0.15, -0.1) is 0 Å². The number of rotatable bonds is 6. The van der Waals surface area contributed by atoms with Gasteiger partial charge < -0.3 is 15.7 Å². The molecule has 6 heteroatoms. The van der Waals surface area contributed by atoms with Gasteiger partial charge in [0.1, 0.15) is 6.04 Å². The standard InChI is InChI=1S/C21H24N2O4/c1-12(2)18(23-19(24)16-8-6-5-7-13(16)3)20(25)22-15-10-9-14(4)17(11-15)21(26)27/h5-12,18H,1-4H3,(H,22,25)(H,23,24)(H,26,27). The molecule has 6 nitrogen and oxygen atoms in total. The molecule has 2 rings (SSSR count). The molecule has 1 unspecified atom stereocenters. The summed E-state index contributed by atoms with van der Waals surface area (Å²) in [5.41, 5.74) is 2.44. The van der Waals surface area contributed by atoms with E-state index in [4.69, 9.17) is 0 Å². The SMILES string of the molecule is Cc1ccc(NC(=O)C(NC(=O)c2ccccc2C)C(C)C)cc1C(=O)O. The summed E-state index contributed by atoms with van der Waals surface area (Å²) in [4.78, 5) is 36.5. The maximum absolute atomic E-state index is 12.7. The Morgan fingerprint density at radius 1 is 0.926 bits per heavy atom. The van der Waals surface area contributed by atoms with E-state index in [2.05, 4.69) is 10.6 Å². The molecule has 0 aliphatic rings. The highest BCUT2D eigenvalue weighted by molar-refractivity contribution is 6.02. The van der Waals surface area contributed by atoms with Crippen molar-refractivity contribution in [2.75, 3.05) is 5.32 Å². The summed E-state index contributed by atoms with van der Waals surface area (Å²) < 4.78 is 0. The number of carboxylic acids is 1. The lowest BCUT2D eigenvalue weighted by molar-refractivity contribution is -0.118. The van der Waals surface area contributed by atoms with Gasteiger partial charge in [-0.05, 0) is 49.1 Å². The van der Waals surface area contributed by atoms with Crippen LogP contribution >= 0.6 is 0 Å². The average molecular weight is 368 g/mol. The van der Waals surface area contributed by atoms with Crippen LogP contribution in [0.1, 0.15) is 45.7 Å². The smallest absolute Gasteiger partial charge is 0.336 e. The number of anilines is 1. The second-order valence-corrected chi connectivity index (χ2v) is 6.83. The fraction of sp³-hybridized carbons (Fsp3) is 0.286. The van der Waals surface area contributed by atoms with Crippen molar-refractivity contribution in [3.8, 4) is 0 Å². The minimum Gasteiger partial charge on any atom is -0.478 e. The summed E-state index contributed by atoms with van der Waals surface area (Å²) >= 11 is 0. The first-order valence-corrected chi connectivity index (χ1v) is 8.72. The predicted octanol–water partition coefficient (Wildman–Crippen LogP) is 3.39. The maximum Gasteiger partial charge on any atom is 0.336 e. The van der Waals surface area contributed by atoms with Crippen LogP contribution in [0.5, 0.6) is 0 Å². The van der Waals surface area contributed by atoms with Crippen molar-refractivity contribution < 1.29 is 19.5 Å². The molecule has 0 saturated carbocycles. The van der Waals surface area contributed by atoms with Gasteiger partial charge in [-0.3, -0.25) is 9.59 Å². The predicted molar refractivity (Wildman–Crippen MR) is 104 cm³/mol. The molecular formula is C21H24N2O4. The van der Waals surface area contributed by atoms with Crippen LogP contribution in [0, 0.1) is 19.8 Å². The molecule has 27 heavy (non-hydrogen) atoms. The number of carboxylic acid groups (broad SMARTS) is 1. The summed E-state index contributed by atoms with van der Waals surface area (Å²) in [7, 11) is 0. The molecule has 1 atom stereocenters. The van der Waals surface area contributed by atoms with E-state index in [9.17, 15) is 19.5 Å². The second-order valence-electron chi connectivity index (χ2n) is 6.83. The van der Waals surface area contributed by atoms with Crippen molar-refractivity contribution in [3.05, 3.63) is 64.7 Å². The zero-order valence-electron chi connectivity index (χ0n) is 15.9.